The first-order valence-electron chi connectivity index (χ1n) is 21.7. The molecular formula is C60H39N3. The minimum Gasteiger partial charge on any atom is -0.309 e. The molecule has 3 aromatic heterocycles. The van der Waals surface area contributed by atoms with E-state index in [1.165, 1.54) is 104 Å². The average Bonchev–Trinajstić information content (AvgIpc) is 3.99. The summed E-state index contributed by atoms with van der Waals surface area (Å²) < 4.78 is 7.31. The van der Waals surface area contributed by atoms with Crippen LogP contribution in [0.15, 0.2) is 237 Å². The zero-order chi connectivity index (χ0) is 41.4. The molecule has 0 atom stereocenters. The molecule has 0 radical (unpaired) electrons. The summed E-state index contributed by atoms with van der Waals surface area (Å²) in [4.78, 5) is 0. The topological polar surface area (TPSA) is 14.8 Å². The van der Waals surface area contributed by atoms with Crippen LogP contribution in [-0.2, 0) is 0 Å². The molecule has 13 rings (SSSR count). The van der Waals surface area contributed by atoms with Crippen LogP contribution in [0.1, 0.15) is 0 Å². The zero-order valence-electron chi connectivity index (χ0n) is 34.4. The largest absolute Gasteiger partial charge is 0.309 e. The van der Waals surface area contributed by atoms with Gasteiger partial charge in [0.2, 0.25) is 0 Å². The van der Waals surface area contributed by atoms with E-state index < -0.39 is 0 Å². The van der Waals surface area contributed by atoms with Crippen LogP contribution in [0.2, 0.25) is 0 Å². The molecule has 0 amide bonds. The Labute approximate surface area is 364 Å². The SMILES string of the molecule is c1ccc(-c2cccc(-c3ccccc3)c2-n2c3ccccc3c3cc(-c4ccc5c(c4)c4ccccc4n5-c4ccc5c(c4)c4ccccc4n5-c4ccccc4)ccc32)cc1. The summed E-state index contributed by atoms with van der Waals surface area (Å²) in [6.07, 6.45) is 0. The van der Waals surface area contributed by atoms with Gasteiger partial charge in [0.25, 0.3) is 0 Å². The van der Waals surface area contributed by atoms with E-state index in [1.807, 2.05) is 0 Å². The van der Waals surface area contributed by atoms with Crippen LogP contribution in [0.25, 0.3) is 116 Å². The predicted molar refractivity (Wildman–Crippen MR) is 266 cm³/mol. The number of fused-ring (bicyclic) bond motifs is 9. The van der Waals surface area contributed by atoms with Crippen LogP contribution < -0.4 is 0 Å². The van der Waals surface area contributed by atoms with Crippen molar-refractivity contribution < 1.29 is 0 Å². The smallest absolute Gasteiger partial charge is 0.0618 e. The predicted octanol–water partition coefficient (Wildman–Crippen LogP) is 16.0. The van der Waals surface area contributed by atoms with Crippen LogP contribution in [0.4, 0.5) is 0 Å². The van der Waals surface area contributed by atoms with Crippen LogP contribution in [0.3, 0.4) is 0 Å². The van der Waals surface area contributed by atoms with E-state index in [4.69, 9.17) is 0 Å². The molecule has 0 saturated carbocycles. The molecule has 10 aromatic carbocycles. The third-order valence-electron chi connectivity index (χ3n) is 13.0. The number of nitrogens with zero attached hydrogens (tertiary/aromatic N) is 3. The van der Waals surface area contributed by atoms with Crippen molar-refractivity contribution >= 4 is 65.4 Å². The third-order valence-corrected chi connectivity index (χ3v) is 13.0. The highest BCUT2D eigenvalue weighted by Gasteiger charge is 2.21. The highest BCUT2D eigenvalue weighted by molar-refractivity contribution is 6.14. The van der Waals surface area contributed by atoms with Gasteiger partial charge in [0.05, 0.1) is 38.8 Å². The maximum absolute atomic E-state index is 2.49. The molecule has 0 unspecified atom stereocenters. The molecule has 3 heteroatoms. The number of benzene rings is 10. The van der Waals surface area contributed by atoms with Crippen molar-refractivity contribution in [3.63, 3.8) is 0 Å². The van der Waals surface area contributed by atoms with Gasteiger partial charge in [-0.2, -0.15) is 0 Å². The third kappa shape index (κ3) is 5.46. The quantitative estimate of drug-likeness (QED) is 0.159. The van der Waals surface area contributed by atoms with Crippen molar-refractivity contribution in [3.05, 3.63) is 237 Å². The lowest BCUT2D eigenvalue weighted by Gasteiger charge is -2.19. The zero-order valence-corrected chi connectivity index (χ0v) is 34.4. The van der Waals surface area contributed by atoms with Gasteiger partial charge in [-0.05, 0) is 95.1 Å². The second kappa shape index (κ2) is 14.1. The highest BCUT2D eigenvalue weighted by Crippen LogP contribution is 2.43. The van der Waals surface area contributed by atoms with Crippen molar-refractivity contribution in [1.82, 2.24) is 13.7 Å². The lowest BCUT2D eigenvalue weighted by atomic mass is 9.95. The van der Waals surface area contributed by atoms with E-state index in [0.29, 0.717) is 0 Å². The Bertz CT molecular complexity index is 3830. The van der Waals surface area contributed by atoms with Gasteiger partial charge in [0.1, 0.15) is 0 Å². The Morgan fingerprint density at radius 2 is 0.587 bits per heavy atom. The molecule has 0 bridgehead atoms. The van der Waals surface area contributed by atoms with Crippen molar-refractivity contribution in [2.45, 2.75) is 0 Å². The van der Waals surface area contributed by atoms with E-state index in [9.17, 15) is 0 Å². The Balaban J connectivity index is 0.991. The van der Waals surface area contributed by atoms with Crippen LogP contribution >= 0.6 is 0 Å². The lowest BCUT2D eigenvalue weighted by molar-refractivity contribution is 1.17. The molecule has 0 aliphatic rings. The van der Waals surface area contributed by atoms with Crippen molar-refractivity contribution in [2.75, 3.05) is 0 Å². The summed E-state index contributed by atoms with van der Waals surface area (Å²) in [6.45, 7) is 0. The Hall–Kier alpha value is -8.40. The van der Waals surface area contributed by atoms with Gasteiger partial charge in [-0.15, -0.1) is 0 Å². The fourth-order valence-corrected chi connectivity index (χ4v) is 10.3. The maximum atomic E-state index is 2.49. The van der Waals surface area contributed by atoms with E-state index in [2.05, 4.69) is 250 Å². The second-order valence-corrected chi connectivity index (χ2v) is 16.5. The highest BCUT2D eigenvalue weighted by atomic mass is 15.0. The van der Waals surface area contributed by atoms with Gasteiger partial charge in [0, 0.05) is 54.8 Å². The summed E-state index contributed by atoms with van der Waals surface area (Å²) in [5.74, 6) is 0. The Morgan fingerprint density at radius 1 is 0.206 bits per heavy atom. The van der Waals surface area contributed by atoms with Gasteiger partial charge >= 0.3 is 0 Å². The van der Waals surface area contributed by atoms with Gasteiger partial charge < -0.3 is 13.7 Å². The molecule has 3 nitrogen and oxygen atoms in total. The molecule has 294 valence electrons. The molecule has 0 aliphatic carbocycles. The van der Waals surface area contributed by atoms with E-state index in [1.54, 1.807) is 0 Å². The number of rotatable bonds is 6. The summed E-state index contributed by atoms with van der Waals surface area (Å²) >= 11 is 0. The van der Waals surface area contributed by atoms with Gasteiger partial charge in [-0.25, -0.2) is 0 Å². The van der Waals surface area contributed by atoms with Gasteiger partial charge in [-0.3, -0.25) is 0 Å². The van der Waals surface area contributed by atoms with Crippen molar-refractivity contribution in [2.24, 2.45) is 0 Å². The van der Waals surface area contributed by atoms with E-state index in [0.717, 1.165) is 11.4 Å². The maximum Gasteiger partial charge on any atom is 0.0618 e. The number of hydrogen-bond acceptors (Lipinski definition) is 0. The fourth-order valence-electron chi connectivity index (χ4n) is 10.3. The molecule has 63 heavy (non-hydrogen) atoms. The molecule has 0 saturated heterocycles. The molecule has 13 aromatic rings. The molecule has 0 aliphatic heterocycles. The molecule has 0 spiro atoms. The van der Waals surface area contributed by atoms with E-state index in [-0.39, 0.29) is 0 Å². The Morgan fingerprint density at radius 3 is 1.11 bits per heavy atom. The average molecular weight is 802 g/mol. The number of aromatic nitrogens is 3. The lowest BCUT2D eigenvalue weighted by Crippen LogP contribution is -2.00. The summed E-state index contributed by atoms with van der Waals surface area (Å²) in [6, 6.07) is 86.4. The normalized spacial score (nSPS) is 11.8. The van der Waals surface area contributed by atoms with Gasteiger partial charge in [0.15, 0.2) is 0 Å². The first kappa shape index (κ1) is 35.4. The minimum absolute atomic E-state index is 1.15. The first-order valence-corrected chi connectivity index (χ1v) is 21.7. The van der Waals surface area contributed by atoms with Crippen molar-refractivity contribution in [3.8, 4) is 50.4 Å². The Kier molecular flexibility index (Phi) is 7.91. The first-order chi connectivity index (χ1) is 31.3. The standard InChI is InChI=1S/C60H39N3/c1-4-17-40(18-5-1)46-26-16-27-47(41-19-6-2-7-20-41)60(46)63-56-30-15-12-24-49(56)52-38-43(32-35-59(52)63)42-31-34-57-51(37-42)48-23-10-14-29-55(48)62(57)45-33-36-58-53(39-45)50-25-11-13-28-54(50)61(58)44-21-8-3-9-22-44/h1-39H. The molecule has 0 fully saturated rings. The van der Waals surface area contributed by atoms with Crippen LogP contribution in [0.5, 0.6) is 0 Å². The second-order valence-electron chi connectivity index (χ2n) is 16.5. The number of hydrogen-bond donors (Lipinski definition) is 0. The van der Waals surface area contributed by atoms with E-state index >= 15 is 0 Å². The van der Waals surface area contributed by atoms with Crippen LogP contribution in [0, 0.1) is 0 Å². The molecule has 3 heterocycles. The monoisotopic (exact) mass is 801 g/mol. The van der Waals surface area contributed by atoms with Crippen molar-refractivity contribution in [1.29, 1.82) is 0 Å². The minimum atomic E-state index is 1.15. The van der Waals surface area contributed by atoms with Gasteiger partial charge in [-0.1, -0.05) is 164 Å². The summed E-state index contributed by atoms with van der Waals surface area (Å²) in [5, 5.41) is 7.43. The number of para-hydroxylation sites is 5. The van der Waals surface area contributed by atoms with Crippen LogP contribution in [-0.4, -0.2) is 13.7 Å². The summed E-state index contributed by atoms with van der Waals surface area (Å²) in [7, 11) is 0. The fraction of sp³-hybridized carbons (Fsp3) is 0. The molecule has 0 N–H and O–H groups in total. The summed E-state index contributed by atoms with van der Waals surface area (Å²) in [5.41, 5.74) is 17.8. The molecular weight excluding hydrogens is 763 g/mol.